The molecule has 2 unspecified atom stereocenters. The summed E-state index contributed by atoms with van der Waals surface area (Å²) in [4.78, 5) is 14.2. The highest BCUT2D eigenvalue weighted by atomic mass is 16.1. The molecule has 0 bridgehead atoms. The molecule has 1 rings (SSSR count). The fourth-order valence-electron chi connectivity index (χ4n) is 2.64. The van der Waals surface area contributed by atoms with E-state index in [-0.39, 0.29) is 5.91 Å². The molecule has 1 saturated carbocycles. The number of nitrogens with one attached hydrogen (secondary N) is 1. The lowest BCUT2D eigenvalue weighted by Gasteiger charge is -2.29. The van der Waals surface area contributed by atoms with Gasteiger partial charge in [-0.3, -0.25) is 4.79 Å². The summed E-state index contributed by atoms with van der Waals surface area (Å²) < 4.78 is 0. The Kier molecular flexibility index (Phi) is 7.33. The minimum Gasteiger partial charge on any atom is -0.353 e. The number of hydrogen-bond acceptors (Lipinski definition) is 2. The van der Waals surface area contributed by atoms with Gasteiger partial charge < -0.3 is 10.2 Å². The predicted octanol–water partition coefficient (Wildman–Crippen LogP) is 2.80. The van der Waals surface area contributed by atoms with E-state index in [0.29, 0.717) is 18.4 Å². The van der Waals surface area contributed by atoms with E-state index in [0.717, 1.165) is 13.1 Å². The highest BCUT2D eigenvalue weighted by molar-refractivity contribution is 5.76. The average molecular weight is 254 g/mol. The SMILES string of the molecule is CCCCN(C)CCC(=O)NC1CCCCC1C. The maximum absolute atomic E-state index is 11.9. The van der Waals surface area contributed by atoms with Gasteiger partial charge in [-0.05, 0) is 38.8 Å². The number of hydrogen-bond donors (Lipinski definition) is 1. The predicted molar refractivity (Wildman–Crippen MR) is 76.6 cm³/mol. The number of rotatable bonds is 7. The zero-order valence-electron chi connectivity index (χ0n) is 12.4. The molecule has 2 atom stereocenters. The Morgan fingerprint density at radius 1 is 1.28 bits per heavy atom. The average Bonchev–Trinajstić information content (AvgIpc) is 2.36. The van der Waals surface area contributed by atoms with Crippen molar-refractivity contribution in [3.8, 4) is 0 Å². The molecule has 1 fully saturated rings. The Morgan fingerprint density at radius 3 is 2.67 bits per heavy atom. The molecule has 1 N–H and O–H groups in total. The highest BCUT2D eigenvalue weighted by Gasteiger charge is 2.22. The van der Waals surface area contributed by atoms with Gasteiger partial charge in [0, 0.05) is 19.0 Å². The van der Waals surface area contributed by atoms with Gasteiger partial charge in [-0.2, -0.15) is 0 Å². The molecule has 0 aromatic heterocycles. The van der Waals surface area contributed by atoms with Gasteiger partial charge in [-0.15, -0.1) is 0 Å². The molecular weight excluding hydrogens is 224 g/mol. The largest absolute Gasteiger partial charge is 0.353 e. The summed E-state index contributed by atoms with van der Waals surface area (Å²) in [6, 6.07) is 0.423. The third-order valence-electron chi connectivity index (χ3n) is 4.07. The minimum atomic E-state index is 0.233. The van der Waals surface area contributed by atoms with Gasteiger partial charge in [0.05, 0.1) is 0 Å². The standard InChI is InChI=1S/C15H30N2O/c1-4-5-11-17(3)12-10-15(18)16-14-9-7-6-8-13(14)2/h13-14H,4-12H2,1-3H3,(H,16,18). The summed E-state index contributed by atoms with van der Waals surface area (Å²) >= 11 is 0. The highest BCUT2D eigenvalue weighted by Crippen LogP contribution is 2.23. The molecule has 18 heavy (non-hydrogen) atoms. The van der Waals surface area contributed by atoms with Crippen molar-refractivity contribution in [1.82, 2.24) is 10.2 Å². The Balaban J connectivity index is 2.16. The number of carbonyl (C=O) groups is 1. The molecule has 0 spiro atoms. The summed E-state index contributed by atoms with van der Waals surface area (Å²) in [6.07, 6.45) is 8.11. The summed E-state index contributed by atoms with van der Waals surface area (Å²) in [7, 11) is 2.10. The first-order valence-electron chi connectivity index (χ1n) is 7.61. The Morgan fingerprint density at radius 2 is 2.00 bits per heavy atom. The van der Waals surface area contributed by atoms with Crippen molar-refractivity contribution < 1.29 is 4.79 Å². The lowest BCUT2D eigenvalue weighted by atomic mass is 9.86. The van der Waals surface area contributed by atoms with Gasteiger partial charge in [-0.25, -0.2) is 0 Å². The van der Waals surface area contributed by atoms with Crippen LogP contribution in [0.4, 0.5) is 0 Å². The zero-order chi connectivity index (χ0) is 13.4. The van der Waals surface area contributed by atoms with Crippen LogP contribution >= 0.6 is 0 Å². The van der Waals surface area contributed by atoms with Crippen LogP contribution in [0, 0.1) is 5.92 Å². The van der Waals surface area contributed by atoms with Crippen LogP contribution in [0.2, 0.25) is 0 Å². The molecule has 1 aliphatic carbocycles. The van der Waals surface area contributed by atoms with Crippen molar-refractivity contribution in [2.24, 2.45) is 5.92 Å². The fourth-order valence-corrected chi connectivity index (χ4v) is 2.64. The van der Waals surface area contributed by atoms with Crippen molar-refractivity contribution in [3.05, 3.63) is 0 Å². The first-order valence-corrected chi connectivity index (χ1v) is 7.61. The van der Waals surface area contributed by atoms with E-state index in [1.54, 1.807) is 0 Å². The molecule has 0 aromatic rings. The smallest absolute Gasteiger partial charge is 0.221 e. The quantitative estimate of drug-likeness (QED) is 0.757. The molecule has 106 valence electrons. The van der Waals surface area contributed by atoms with E-state index in [4.69, 9.17) is 0 Å². The number of carbonyl (C=O) groups excluding carboxylic acids is 1. The van der Waals surface area contributed by atoms with Crippen molar-refractivity contribution in [2.75, 3.05) is 20.1 Å². The van der Waals surface area contributed by atoms with Crippen LogP contribution in [0.15, 0.2) is 0 Å². The van der Waals surface area contributed by atoms with Gasteiger partial charge in [0.1, 0.15) is 0 Å². The van der Waals surface area contributed by atoms with E-state index in [9.17, 15) is 4.79 Å². The lowest BCUT2D eigenvalue weighted by molar-refractivity contribution is -0.122. The summed E-state index contributed by atoms with van der Waals surface area (Å²) in [5, 5.41) is 3.21. The molecule has 3 heteroatoms. The molecule has 1 aliphatic rings. The van der Waals surface area contributed by atoms with E-state index >= 15 is 0 Å². The van der Waals surface area contributed by atoms with Gasteiger partial charge in [0.25, 0.3) is 0 Å². The first kappa shape index (κ1) is 15.5. The van der Waals surface area contributed by atoms with E-state index in [2.05, 4.69) is 31.1 Å². The third-order valence-corrected chi connectivity index (χ3v) is 4.07. The molecule has 0 radical (unpaired) electrons. The maximum Gasteiger partial charge on any atom is 0.221 e. The lowest BCUT2D eigenvalue weighted by Crippen LogP contribution is -2.42. The van der Waals surface area contributed by atoms with Gasteiger partial charge in [0.15, 0.2) is 0 Å². The van der Waals surface area contributed by atoms with E-state index < -0.39 is 0 Å². The summed E-state index contributed by atoms with van der Waals surface area (Å²) in [5.74, 6) is 0.887. The van der Waals surface area contributed by atoms with Crippen LogP contribution in [0.5, 0.6) is 0 Å². The topological polar surface area (TPSA) is 32.3 Å². The fraction of sp³-hybridized carbons (Fsp3) is 0.933. The van der Waals surface area contributed by atoms with Crippen LogP contribution in [0.3, 0.4) is 0 Å². The number of amides is 1. The van der Waals surface area contributed by atoms with Crippen molar-refractivity contribution in [1.29, 1.82) is 0 Å². The van der Waals surface area contributed by atoms with E-state index in [1.807, 2.05) is 0 Å². The Bertz CT molecular complexity index is 243. The van der Waals surface area contributed by atoms with Crippen molar-refractivity contribution in [3.63, 3.8) is 0 Å². The van der Waals surface area contributed by atoms with Gasteiger partial charge in [0.2, 0.25) is 5.91 Å². The first-order chi connectivity index (χ1) is 8.63. The second kappa shape index (κ2) is 8.52. The third kappa shape index (κ3) is 5.85. The van der Waals surface area contributed by atoms with Crippen LogP contribution in [-0.2, 0) is 4.79 Å². The molecule has 3 nitrogen and oxygen atoms in total. The molecular formula is C15H30N2O. The maximum atomic E-state index is 11.9. The molecule has 0 heterocycles. The van der Waals surface area contributed by atoms with Crippen LogP contribution in [0.1, 0.15) is 58.8 Å². The molecule has 0 aromatic carbocycles. The minimum absolute atomic E-state index is 0.233. The van der Waals surface area contributed by atoms with Crippen LogP contribution in [-0.4, -0.2) is 37.0 Å². The summed E-state index contributed by atoms with van der Waals surface area (Å²) in [5.41, 5.74) is 0. The van der Waals surface area contributed by atoms with E-state index in [1.165, 1.54) is 38.5 Å². The summed E-state index contributed by atoms with van der Waals surface area (Å²) in [6.45, 7) is 6.44. The zero-order valence-corrected chi connectivity index (χ0v) is 12.4. The Hall–Kier alpha value is -0.570. The monoisotopic (exact) mass is 254 g/mol. The molecule has 0 aliphatic heterocycles. The second-order valence-electron chi connectivity index (χ2n) is 5.84. The number of nitrogens with zero attached hydrogens (tertiary/aromatic N) is 1. The number of unbranched alkanes of at least 4 members (excludes halogenated alkanes) is 1. The van der Waals surface area contributed by atoms with Gasteiger partial charge in [-0.1, -0.05) is 33.1 Å². The normalized spacial score (nSPS) is 24.2. The second-order valence-corrected chi connectivity index (χ2v) is 5.84. The molecule has 1 amide bonds. The molecule has 0 saturated heterocycles. The van der Waals surface area contributed by atoms with Crippen molar-refractivity contribution >= 4 is 5.91 Å². The van der Waals surface area contributed by atoms with Crippen LogP contribution in [0.25, 0.3) is 0 Å². The van der Waals surface area contributed by atoms with Gasteiger partial charge >= 0.3 is 0 Å². The van der Waals surface area contributed by atoms with Crippen LogP contribution < -0.4 is 5.32 Å². The van der Waals surface area contributed by atoms with Crippen molar-refractivity contribution in [2.45, 2.75) is 64.8 Å². The Labute approximate surface area is 112 Å².